The maximum atomic E-state index is 12.1. The molecule has 0 saturated carbocycles. The van der Waals surface area contributed by atoms with Crippen molar-refractivity contribution in [2.75, 3.05) is 18.5 Å². The maximum absolute atomic E-state index is 12.1. The molecule has 1 N–H and O–H groups in total. The normalized spacial score (nSPS) is 10.5. The van der Waals surface area contributed by atoms with Gasteiger partial charge in [-0.2, -0.15) is 0 Å². The van der Waals surface area contributed by atoms with E-state index < -0.39 is 0 Å². The molecule has 0 aliphatic rings. The summed E-state index contributed by atoms with van der Waals surface area (Å²) < 4.78 is 11.3. The molecule has 0 spiro atoms. The number of ether oxygens (including phenoxy) is 2. The van der Waals surface area contributed by atoms with Crippen LogP contribution in [0.4, 0.5) is 5.69 Å². The molecule has 4 nitrogen and oxygen atoms in total. The molecule has 4 heteroatoms. The minimum atomic E-state index is -0.197. The fourth-order valence-electron chi connectivity index (χ4n) is 2.13. The molecule has 0 atom stereocenters. The minimum Gasteiger partial charge on any atom is -0.493 e. The molecule has 0 fully saturated rings. The Balaban J connectivity index is 1.90. The number of amides is 1. The van der Waals surface area contributed by atoms with Crippen molar-refractivity contribution in [2.45, 2.75) is 27.7 Å². The van der Waals surface area contributed by atoms with Crippen LogP contribution in [0, 0.1) is 19.8 Å². The average Bonchev–Trinajstić information content (AvgIpc) is 2.54. The Labute approximate surface area is 143 Å². The van der Waals surface area contributed by atoms with Crippen molar-refractivity contribution >= 4 is 11.6 Å². The van der Waals surface area contributed by atoms with Crippen LogP contribution in [0.1, 0.15) is 25.0 Å². The second kappa shape index (κ2) is 8.39. The van der Waals surface area contributed by atoms with E-state index in [0.29, 0.717) is 18.2 Å². The summed E-state index contributed by atoms with van der Waals surface area (Å²) in [5, 5.41) is 2.83. The summed E-state index contributed by atoms with van der Waals surface area (Å²) in [5.41, 5.74) is 2.81. The molecule has 0 saturated heterocycles. The quantitative estimate of drug-likeness (QED) is 0.822. The second-order valence-electron chi connectivity index (χ2n) is 6.34. The molecular formula is C20H25NO3. The summed E-state index contributed by atoms with van der Waals surface area (Å²) in [4.78, 5) is 12.1. The molecule has 0 aliphatic carbocycles. The van der Waals surface area contributed by atoms with Crippen LogP contribution in [0.5, 0.6) is 11.5 Å². The number of anilines is 1. The predicted octanol–water partition coefficient (Wildman–Crippen LogP) is 4.36. The van der Waals surface area contributed by atoms with E-state index >= 15 is 0 Å². The van der Waals surface area contributed by atoms with Crippen molar-refractivity contribution in [2.24, 2.45) is 5.92 Å². The minimum absolute atomic E-state index is 0.0264. The molecule has 24 heavy (non-hydrogen) atoms. The van der Waals surface area contributed by atoms with Gasteiger partial charge in [0.15, 0.2) is 6.61 Å². The van der Waals surface area contributed by atoms with Gasteiger partial charge >= 0.3 is 0 Å². The van der Waals surface area contributed by atoms with Gasteiger partial charge in [-0.05, 0) is 49.1 Å². The topological polar surface area (TPSA) is 47.6 Å². The van der Waals surface area contributed by atoms with Gasteiger partial charge in [0.05, 0.1) is 6.61 Å². The lowest BCUT2D eigenvalue weighted by molar-refractivity contribution is -0.118. The molecule has 0 bridgehead atoms. The molecule has 0 heterocycles. The van der Waals surface area contributed by atoms with Crippen LogP contribution in [0.25, 0.3) is 0 Å². The van der Waals surface area contributed by atoms with Crippen molar-refractivity contribution in [3.63, 3.8) is 0 Å². The first-order valence-electron chi connectivity index (χ1n) is 8.17. The van der Waals surface area contributed by atoms with E-state index in [4.69, 9.17) is 9.47 Å². The van der Waals surface area contributed by atoms with E-state index in [9.17, 15) is 4.79 Å². The fourth-order valence-corrected chi connectivity index (χ4v) is 2.13. The lowest BCUT2D eigenvalue weighted by atomic mass is 10.1. The summed E-state index contributed by atoms with van der Waals surface area (Å²) in [5.74, 6) is 1.74. The Bertz CT molecular complexity index is 695. The smallest absolute Gasteiger partial charge is 0.262 e. The van der Waals surface area contributed by atoms with E-state index in [1.54, 1.807) is 0 Å². The highest BCUT2D eigenvalue weighted by molar-refractivity contribution is 5.92. The van der Waals surface area contributed by atoms with Gasteiger partial charge < -0.3 is 14.8 Å². The van der Waals surface area contributed by atoms with E-state index in [2.05, 4.69) is 19.2 Å². The molecule has 0 aliphatic heterocycles. The molecule has 0 unspecified atom stereocenters. The summed E-state index contributed by atoms with van der Waals surface area (Å²) in [6.07, 6.45) is 0. The van der Waals surface area contributed by atoms with Crippen LogP contribution < -0.4 is 14.8 Å². The molecule has 1 amide bonds. The molecule has 0 aromatic heterocycles. The van der Waals surface area contributed by atoms with Crippen LogP contribution in [-0.2, 0) is 4.79 Å². The maximum Gasteiger partial charge on any atom is 0.262 e. The average molecular weight is 327 g/mol. The Morgan fingerprint density at radius 2 is 1.88 bits per heavy atom. The third kappa shape index (κ3) is 5.61. The van der Waals surface area contributed by atoms with Crippen molar-refractivity contribution in [1.82, 2.24) is 0 Å². The van der Waals surface area contributed by atoms with Crippen LogP contribution >= 0.6 is 0 Å². The predicted molar refractivity (Wildman–Crippen MR) is 96.8 cm³/mol. The zero-order chi connectivity index (χ0) is 17.5. The largest absolute Gasteiger partial charge is 0.493 e. The number of nitrogens with one attached hydrogen (secondary N) is 1. The van der Waals surface area contributed by atoms with Gasteiger partial charge in [-0.1, -0.05) is 32.0 Å². The van der Waals surface area contributed by atoms with Gasteiger partial charge in [0.2, 0.25) is 0 Å². The van der Waals surface area contributed by atoms with E-state index in [-0.39, 0.29) is 12.5 Å². The van der Waals surface area contributed by atoms with Gasteiger partial charge in [0.1, 0.15) is 11.5 Å². The number of aryl methyl sites for hydroxylation is 2. The number of hydrogen-bond donors (Lipinski definition) is 1. The molecule has 2 rings (SSSR count). The Kier molecular flexibility index (Phi) is 6.24. The van der Waals surface area contributed by atoms with Gasteiger partial charge in [-0.15, -0.1) is 0 Å². The number of benzene rings is 2. The molecule has 2 aromatic carbocycles. The van der Waals surface area contributed by atoms with Gasteiger partial charge in [0, 0.05) is 11.8 Å². The monoisotopic (exact) mass is 327 g/mol. The third-order valence-electron chi connectivity index (χ3n) is 3.40. The molecular weight excluding hydrogens is 302 g/mol. The summed E-state index contributed by atoms with van der Waals surface area (Å²) >= 11 is 0. The Morgan fingerprint density at radius 3 is 2.62 bits per heavy atom. The zero-order valence-corrected chi connectivity index (χ0v) is 14.8. The number of carbonyl (C=O) groups excluding carboxylic acids is 1. The lowest BCUT2D eigenvalue weighted by Gasteiger charge is -2.12. The summed E-state index contributed by atoms with van der Waals surface area (Å²) in [6.45, 7) is 8.76. The first-order valence-corrected chi connectivity index (χ1v) is 8.17. The lowest BCUT2D eigenvalue weighted by Crippen LogP contribution is -2.20. The number of hydrogen-bond acceptors (Lipinski definition) is 3. The molecule has 2 aromatic rings. The number of rotatable bonds is 7. The van der Waals surface area contributed by atoms with E-state index in [0.717, 1.165) is 22.6 Å². The van der Waals surface area contributed by atoms with Gasteiger partial charge in [-0.25, -0.2) is 0 Å². The molecule has 128 valence electrons. The van der Waals surface area contributed by atoms with Crippen molar-refractivity contribution in [3.8, 4) is 11.5 Å². The van der Waals surface area contributed by atoms with E-state index in [1.165, 1.54) is 0 Å². The first kappa shape index (κ1) is 17.9. The highest BCUT2D eigenvalue weighted by Gasteiger charge is 2.07. The van der Waals surface area contributed by atoms with Crippen molar-refractivity contribution < 1.29 is 14.3 Å². The van der Waals surface area contributed by atoms with Crippen molar-refractivity contribution in [3.05, 3.63) is 53.6 Å². The van der Waals surface area contributed by atoms with Crippen LogP contribution in [0.15, 0.2) is 42.5 Å². The second-order valence-corrected chi connectivity index (χ2v) is 6.34. The van der Waals surface area contributed by atoms with Crippen molar-refractivity contribution in [1.29, 1.82) is 0 Å². The summed E-state index contributed by atoms with van der Waals surface area (Å²) in [7, 11) is 0. The van der Waals surface area contributed by atoms with Crippen LogP contribution in [-0.4, -0.2) is 19.1 Å². The van der Waals surface area contributed by atoms with Crippen LogP contribution in [0.2, 0.25) is 0 Å². The molecule has 0 radical (unpaired) electrons. The van der Waals surface area contributed by atoms with Gasteiger partial charge in [0.25, 0.3) is 5.91 Å². The number of carbonyl (C=O) groups is 1. The standard InChI is InChI=1S/C20H25NO3/c1-14(2)12-23-18-7-5-6-17(11-18)21-20(22)13-24-19-10-15(3)8-9-16(19)4/h5-11,14H,12-13H2,1-4H3,(H,21,22). The van der Waals surface area contributed by atoms with E-state index in [1.807, 2.05) is 56.3 Å². The van der Waals surface area contributed by atoms with Gasteiger partial charge in [-0.3, -0.25) is 4.79 Å². The Hall–Kier alpha value is -2.49. The third-order valence-corrected chi connectivity index (χ3v) is 3.40. The highest BCUT2D eigenvalue weighted by Crippen LogP contribution is 2.20. The Morgan fingerprint density at radius 1 is 1.08 bits per heavy atom. The summed E-state index contributed by atoms with van der Waals surface area (Å²) in [6, 6.07) is 13.3. The highest BCUT2D eigenvalue weighted by atomic mass is 16.5. The SMILES string of the molecule is Cc1ccc(C)c(OCC(=O)Nc2cccc(OCC(C)C)c2)c1. The first-order chi connectivity index (χ1) is 11.4. The fraction of sp³-hybridized carbons (Fsp3) is 0.350. The zero-order valence-electron chi connectivity index (χ0n) is 14.8. The van der Waals surface area contributed by atoms with Crippen LogP contribution in [0.3, 0.4) is 0 Å².